The molecule has 2 aliphatic heterocycles. The van der Waals surface area contributed by atoms with Gasteiger partial charge >= 0.3 is 30.4 Å². The fourth-order valence-electron chi connectivity index (χ4n) is 9.82. The smallest absolute Gasteiger partial charge is 0.438 e. The molecule has 17 nitrogen and oxygen atoms in total. The number of hydrogen-bond acceptors (Lipinski definition) is 13. The van der Waals surface area contributed by atoms with Crippen molar-refractivity contribution in [3.8, 4) is 0 Å². The molecule has 2 heterocycles. The van der Waals surface area contributed by atoms with Crippen molar-refractivity contribution < 1.29 is 52.3 Å². The number of amidine groups is 1. The minimum atomic E-state index is -0.937. The summed E-state index contributed by atoms with van der Waals surface area (Å²) in [7, 11) is 3.92. The number of aliphatic imine (C=N–C) groups is 2. The Morgan fingerprint density at radius 2 is 1.28 bits per heavy atom. The van der Waals surface area contributed by atoms with Crippen LogP contribution >= 0.6 is 0 Å². The number of nitrogens with one attached hydrogen (secondary N) is 3. The van der Waals surface area contributed by atoms with Crippen molar-refractivity contribution in [1.82, 2.24) is 20.9 Å². The second-order valence-corrected chi connectivity index (χ2v) is 20.0. The molecule has 0 aromatic heterocycles. The molecular formula is C40H66N6O11. The lowest BCUT2D eigenvalue weighted by Gasteiger charge is -2.69. The van der Waals surface area contributed by atoms with Gasteiger partial charge in [-0.2, -0.15) is 0 Å². The van der Waals surface area contributed by atoms with Crippen LogP contribution in [-0.4, -0.2) is 120 Å². The first kappa shape index (κ1) is 44.4. The number of carbonyl (C=O) groups is 4. The van der Waals surface area contributed by atoms with E-state index in [0.29, 0.717) is 19.3 Å². The van der Waals surface area contributed by atoms with E-state index in [-0.39, 0.29) is 29.9 Å². The highest BCUT2D eigenvalue weighted by atomic mass is 16.6. The highest BCUT2D eigenvalue weighted by Crippen LogP contribution is 2.71. The summed E-state index contributed by atoms with van der Waals surface area (Å²) >= 11 is 0. The van der Waals surface area contributed by atoms with E-state index in [1.54, 1.807) is 90.2 Å². The molecule has 2 saturated heterocycles. The van der Waals surface area contributed by atoms with Crippen molar-refractivity contribution in [3.63, 3.8) is 0 Å². The van der Waals surface area contributed by atoms with Gasteiger partial charge in [0.2, 0.25) is 5.96 Å². The number of piperidine rings is 1. The van der Waals surface area contributed by atoms with Crippen LogP contribution in [0.4, 0.5) is 19.2 Å². The summed E-state index contributed by atoms with van der Waals surface area (Å²) < 4.78 is 42.4. The average molecular weight is 807 g/mol. The van der Waals surface area contributed by atoms with E-state index in [9.17, 15) is 19.2 Å². The molecule has 2 bridgehead atoms. The summed E-state index contributed by atoms with van der Waals surface area (Å²) in [6.07, 6.45) is -0.936. The Kier molecular flexibility index (Phi) is 12.3. The molecule has 57 heavy (non-hydrogen) atoms. The SMILES string of the molecule is CO[C@]12CC[C@H](N=C(NC(=O)OC(C)(C)C)NC(=O)OC(C)(C)C)[C@@H]3OC4C(OC(=NC(=O)OC(C)(C)C)NC(=O)OC(C)(C)C)CCC5CC1N(C)CC[C@]32C54. The third kappa shape index (κ3) is 9.95. The van der Waals surface area contributed by atoms with Crippen LogP contribution in [0.5, 0.6) is 0 Å². The van der Waals surface area contributed by atoms with Crippen LogP contribution in [0.3, 0.4) is 0 Å². The maximum atomic E-state index is 13.1. The molecule has 5 rings (SSSR count). The summed E-state index contributed by atoms with van der Waals surface area (Å²) in [4.78, 5) is 63.7. The number of guanidine groups is 1. The van der Waals surface area contributed by atoms with Crippen molar-refractivity contribution in [2.45, 2.75) is 180 Å². The van der Waals surface area contributed by atoms with Gasteiger partial charge in [0, 0.05) is 24.5 Å². The number of alkyl carbamates (subject to hydrolysis) is 3. The number of amides is 4. The van der Waals surface area contributed by atoms with Crippen LogP contribution in [0, 0.1) is 17.3 Å². The molecule has 5 unspecified atom stereocenters. The molecule has 1 spiro atoms. The molecular weight excluding hydrogens is 740 g/mol. The van der Waals surface area contributed by atoms with Crippen LogP contribution in [0.25, 0.3) is 0 Å². The number of likely N-dealkylation sites (tertiary alicyclic amines) is 1. The lowest BCUT2D eigenvalue weighted by atomic mass is 9.42. The molecule has 322 valence electrons. The maximum absolute atomic E-state index is 13.1. The molecule has 3 N–H and O–H groups in total. The van der Waals surface area contributed by atoms with E-state index < -0.39 is 82.1 Å². The summed E-state index contributed by atoms with van der Waals surface area (Å²) in [5.74, 6) is 0.0544. The fraction of sp³-hybridized carbons (Fsp3) is 0.850. The van der Waals surface area contributed by atoms with E-state index in [2.05, 4.69) is 32.9 Å². The van der Waals surface area contributed by atoms with Crippen LogP contribution in [0.2, 0.25) is 0 Å². The first-order valence-electron chi connectivity index (χ1n) is 20.1. The number of ether oxygens (including phenoxy) is 7. The minimum absolute atomic E-state index is 0.0606. The largest absolute Gasteiger partial charge is 0.458 e. The van der Waals surface area contributed by atoms with Crippen LogP contribution in [0.1, 0.15) is 122 Å². The predicted molar refractivity (Wildman–Crippen MR) is 210 cm³/mol. The Morgan fingerprint density at radius 3 is 1.81 bits per heavy atom. The molecule has 3 saturated carbocycles. The van der Waals surface area contributed by atoms with Crippen LogP contribution in [0.15, 0.2) is 9.98 Å². The third-order valence-corrected chi connectivity index (χ3v) is 11.2. The Bertz CT molecular complexity index is 1580. The van der Waals surface area contributed by atoms with E-state index in [1.165, 1.54) is 0 Å². The number of carbonyl (C=O) groups excluding carboxylic acids is 4. The summed E-state index contributed by atoms with van der Waals surface area (Å²) in [6.45, 7) is 21.6. The average Bonchev–Trinajstić information content (AvgIpc) is 3.36. The number of nitrogens with zero attached hydrogens (tertiary/aromatic N) is 3. The standard InChI is InChI=1S/C40H66N6O11/c1-35(2,3)54-31(47)42-29(43-32(48)55-36(4,5)6)41-23-17-18-40(51-14)25-21-22-15-16-24(27-26(22)39(40,28(23)53-27)19-20-46(25)13)52-30(44-33(49)56-37(7,8)9)45-34(50)57-38(10,11)12/h22-28H,15-21H2,1-14H3,(H,44,45,49,50)(H2,41,42,43,47,48)/t22?,23-,24?,25?,26?,27?,28-,39-,40+/m0/s1. The predicted octanol–water partition coefficient (Wildman–Crippen LogP) is 6.03. The van der Waals surface area contributed by atoms with Crippen molar-refractivity contribution >= 4 is 36.4 Å². The number of hydrogen-bond donors (Lipinski definition) is 3. The Balaban J connectivity index is 1.55. The molecule has 9 atom stereocenters. The van der Waals surface area contributed by atoms with E-state index >= 15 is 0 Å². The third-order valence-electron chi connectivity index (χ3n) is 11.2. The lowest BCUT2D eigenvalue weighted by molar-refractivity contribution is -0.267. The molecule has 4 amide bonds. The van der Waals surface area contributed by atoms with Crippen LogP contribution in [-0.2, 0) is 33.2 Å². The minimum Gasteiger partial charge on any atom is -0.458 e. The van der Waals surface area contributed by atoms with Gasteiger partial charge < -0.3 is 38.1 Å². The van der Waals surface area contributed by atoms with Gasteiger partial charge in [-0.25, -0.2) is 29.5 Å². The summed E-state index contributed by atoms with van der Waals surface area (Å²) in [5.41, 5.74) is -4.46. The lowest BCUT2D eigenvalue weighted by Crippen LogP contribution is -2.77. The zero-order chi connectivity index (χ0) is 42.5. The first-order chi connectivity index (χ1) is 26.1. The van der Waals surface area contributed by atoms with Gasteiger partial charge in [-0.1, -0.05) is 0 Å². The molecule has 0 aromatic rings. The van der Waals surface area contributed by atoms with Gasteiger partial charge in [0.15, 0.2) is 0 Å². The molecule has 0 radical (unpaired) electrons. The zero-order valence-electron chi connectivity index (χ0n) is 36.3. The van der Waals surface area contributed by atoms with Gasteiger partial charge in [-0.3, -0.25) is 10.6 Å². The quantitative estimate of drug-likeness (QED) is 0.171. The number of methoxy groups -OCH3 is 1. The monoisotopic (exact) mass is 806 g/mol. The van der Waals surface area contributed by atoms with E-state index in [1.807, 2.05) is 0 Å². The van der Waals surface area contributed by atoms with Crippen molar-refractivity contribution in [3.05, 3.63) is 0 Å². The number of rotatable bonds is 3. The molecule has 5 aliphatic rings. The van der Waals surface area contributed by atoms with Crippen molar-refractivity contribution in [2.75, 3.05) is 20.7 Å². The summed E-state index contributed by atoms with van der Waals surface area (Å²) in [6, 6.07) is -0.785. The van der Waals surface area contributed by atoms with E-state index in [0.717, 1.165) is 25.8 Å². The Morgan fingerprint density at radius 1 is 0.737 bits per heavy atom. The van der Waals surface area contributed by atoms with Gasteiger partial charge in [0.25, 0.3) is 0 Å². The maximum Gasteiger partial charge on any atom is 0.438 e. The highest BCUT2D eigenvalue weighted by molar-refractivity contribution is 6.01. The second-order valence-electron chi connectivity index (χ2n) is 20.0. The Hall–Kier alpha value is -3.70. The van der Waals surface area contributed by atoms with E-state index in [4.69, 9.17) is 38.2 Å². The van der Waals surface area contributed by atoms with Gasteiger partial charge in [-0.15, -0.1) is 4.99 Å². The summed E-state index contributed by atoms with van der Waals surface area (Å²) in [5, 5.41) is 7.83. The normalized spacial score (nSPS) is 32.5. The Labute approximate surface area is 337 Å². The first-order valence-corrected chi connectivity index (χ1v) is 20.1. The zero-order valence-corrected chi connectivity index (χ0v) is 36.3. The van der Waals surface area contributed by atoms with Crippen molar-refractivity contribution in [1.29, 1.82) is 0 Å². The molecule has 0 aromatic carbocycles. The van der Waals surface area contributed by atoms with Gasteiger partial charge in [0.1, 0.15) is 28.5 Å². The van der Waals surface area contributed by atoms with Crippen LogP contribution < -0.4 is 16.0 Å². The topological polar surface area (TPSA) is 197 Å². The van der Waals surface area contributed by atoms with Gasteiger partial charge in [0.05, 0.1) is 23.9 Å². The molecule has 5 fully saturated rings. The number of likely N-dealkylation sites (N-methyl/N-ethyl adjacent to an activating group) is 1. The highest BCUT2D eigenvalue weighted by Gasteiger charge is 2.78. The second kappa shape index (κ2) is 15.8. The van der Waals surface area contributed by atoms with Crippen molar-refractivity contribution in [2.24, 2.45) is 27.2 Å². The van der Waals surface area contributed by atoms with Gasteiger partial charge in [-0.05, 0) is 141 Å². The molecule has 17 heteroatoms. The fourth-order valence-corrected chi connectivity index (χ4v) is 9.82. The molecule has 3 aliphatic carbocycles.